The molecule has 0 unspecified atom stereocenters. The summed E-state index contributed by atoms with van der Waals surface area (Å²) >= 11 is 0. The van der Waals surface area contributed by atoms with Gasteiger partial charge < -0.3 is 9.64 Å². The molecule has 0 atom stereocenters. The fourth-order valence-electron chi connectivity index (χ4n) is 2.45. The molecule has 2 heterocycles. The third-order valence-corrected chi connectivity index (χ3v) is 3.73. The normalized spacial score (nSPS) is 20.4. The number of rotatable bonds is 3. The summed E-state index contributed by atoms with van der Waals surface area (Å²) in [5.74, 6) is 0.390. The number of aromatic nitrogens is 2. The molecule has 1 aliphatic heterocycles. The maximum atomic E-state index is 11.3. The molecule has 2 fully saturated rings. The van der Waals surface area contributed by atoms with Crippen molar-refractivity contribution in [1.82, 2.24) is 14.9 Å². The van der Waals surface area contributed by atoms with Gasteiger partial charge in [-0.2, -0.15) is 0 Å². The molecule has 1 aromatic rings. The molecule has 2 aliphatic rings. The van der Waals surface area contributed by atoms with E-state index in [-0.39, 0.29) is 5.69 Å². The number of nitrogens with zero attached hydrogens (tertiary/aromatic N) is 4. The van der Waals surface area contributed by atoms with Crippen LogP contribution in [0.4, 0.5) is 5.82 Å². The Morgan fingerprint density at radius 1 is 1.21 bits per heavy atom. The van der Waals surface area contributed by atoms with Gasteiger partial charge in [-0.1, -0.05) is 0 Å². The minimum atomic E-state index is -0.447. The molecule has 1 aliphatic carbocycles. The molecule has 1 aromatic heterocycles. The van der Waals surface area contributed by atoms with E-state index in [0.717, 1.165) is 38.0 Å². The van der Waals surface area contributed by atoms with E-state index in [9.17, 15) is 4.79 Å². The Morgan fingerprint density at radius 2 is 1.95 bits per heavy atom. The zero-order chi connectivity index (χ0) is 13.2. The molecule has 0 N–H and O–H groups in total. The zero-order valence-corrected chi connectivity index (χ0v) is 11.1. The first kappa shape index (κ1) is 12.3. The summed E-state index contributed by atoms with van der Waals surface area (Å²) in [6.45, 7) is 4.13. The van der Waals surface area contributed by atoms with Crippen molar-refractivity contribution in [3.63, 3.8) is 0 Å². The summed E-state index contributed by atoms with van der Waals surface area (Å²) in [7, 11) is 1.34. The number of hydrogen-bond donors (Lipinski definition) is 0. The number of carbonyl (C=O) groups excluding carboxylic acids is 1. The Hall–Kier alpha value is -1.69. The van der Waals surface area contributed by atoms with Crippen molar-refractivity contribution >= 4 is 11.8 Å². The molecular weight excluding hydrogens is 244 g/mol. The average molecular weight is 262 g/mol. The van der Waals surface area contributed by atoms with Crippen molar-refractivity contribution in [2.45, 2.75) is 18.9 Å². The third-order valence-electron chi connectivity index (χ3n) is 3.73. The Bertz CT molecular complexity index is 450. The lowest BCUT2D eigenvalue weighted by Gasteiger charge is -2.35. The van der Waals surface area contributed by atoms with E-state index in [1.165, 1.54) is 26.1 Å². The second-order valence-corrected chi connectivity index (χ2v) is 5.01. The second kappa shape index (κ2) is 5.13. The van der Waals surface area contributed by atoms with Crippen molar-refractivity contribution in [2.24, 2.45) is 0 Å². The smallest absolute Gasteiger partial charge is 0.358 e. The molecular formula is C13H18N4O2. The molecule has 6 heteroatoms. The highest BCUT2D eigenvalue weighted by molar-refractivity contribution is 5.86. The van der Waals surface area contributed by atoms with E-state index in [0.29, 0.717) is 0 Å². The summed E-state index contributed by atoms with van der Waals surface area (Å²) in [4.78, 5) is 24.4. The standard InChI is InChI=1S/C13H18N4O2/c1-19-13(18)11-8-15-12(9-14-11)17-6-4-16(5-7-17)10-2-3-10/h8-10H,2-7H2,1H3. The predicted molar refractivity (Wildman–Crippen MR) is 70.2 cm³/mol. The second-order valence-electron chi connectivity index (χ2n) is 5.01. The van der Waals surface area contributed by atoms with Gasteiger partial charge in [0.1, 0.15) is 5.82 Å². The molecule has 19 heavy (non-hydrogen) atoms. The number of methoxy groups -OCH3 is 1. The fourth-order valence-corrected chi connectivity index (χ4v) is 2.45. The van der Waals surface area contributed by atoms with Crippen LogP contribution in [0.25, 0.3) is 0 Å². The predicted octanol–water partition coefficient (Wildman–Crippen LogP) is 0.548. The van der Waals surface area contributed by atoms with Crippen LogP contribution in [0.1, 0.15) is 23.3 Å². The molecule has 102 valence electrons. The fraction of sp³-hybridized carbons (Fsp3) is 0.615. The van der Waals surface area contributed by atoms with E-state index in [1.54, 1.807) is 6.20 Å². The summed E-state index contributed by atoms with van der Waals surface area (Å²) in [5, 5.41) is 0. The van der Waals surface area contributed by atoms with Crippen LogP contribution in [-0.4, -0.2) is 60.2 Å². The van der Waals surface area contributed by atoms with Gasteiger partial charge in [0.2, 0.25) is 0 Å². The highest BCUT2D eigenvalue weighted by Gasteiger charge is 2.31. The van der Waals surface area contributed by atoms with E-state index in [1.807, 2.05) is 0 Å². The number of hydrogen-bond acceptors (Lipinski definition) is 6. The van der Waals surface area contributed by atoms with Crippen LogP contribution in [0.2, 0.25) is 0 Å². The molecule has 3 rings (SSSR count). The van der Waals surface area contributed by atoms with Crippen LogP contribution in [0.3, 0.4) is 0 Å². The van der Waals surface area contributed by atoms with E-state index < -0.39 is 5.97 Å². The summed E-state index contributed by atoms with van der Waals surface area (Å²) in [6.07, 6.45) is 5.84. The highest BCUT2D eigenvalue weighted by Crippen LogP contribution is 2.28. The SMILES string of the molecule is COC(=O)c1cnc(N2CCN(C3CC3)CC2)cn1. The van der Waals surface area contributed by atoms with Gasteiger partial charge in [0.15, 0.2) is 5.69 Å². The summed E-state index contributed by atoms with van der Waals surface area (Å²) in [5.41, 5.74) is 0.253. The Balaban J connectivity index is 1.61. The minimum absolute atomic E-state index is 0.253. The monoisotopic (exact) mass is 262 g/mol. The van der Waals surface area contributed by atoms with E-state index in [2.05, 4.69) is 24.5 Å². The highest BCUT2D eigenvalue weighted by atomic mass is 16.5. The number of carbonyl (C=O) groups is 1. The van der Waals surface area contributed by atoms with E-state index in [4.69, 9.17) is 0 Å². The number of anilines is 1. The van der Waals surface area contributed by atoms with Crippen LogP contribution in [0.15, 0.2) is 12.4 Å². The molecule has 0 amide bonds. The number of piperazine rings is 1. The zero-order valence-electron chi connectivity index (χ0n) is 11.1. The first-order valence-corrected chi connectivity index (χ1v) is 6.67. The molecule has 0 bridgehead atoms. The molecule has 6 nitrogen and oxygen atoms in total. The van der Waals surface area contributed by atoms with Gasteiger partial charge in [-0.15, -0.1) is 0 Å². The van der Waals surface area contributed by atoms with Crippen LogP contribution in [0, 0.1) is 0 Å². The van der Waals surface area contributed by atoms with Crippen molar-refractivity contribution in [3.05, 3.63) is 18.1 Å². The molecule has 0 spiro atoms. The van der Waals surface area contributed by atoms with E-state index >= 15 is 0 Å². The van der Waals surface area contributed by atoms with Gasteiger partial charge >= 0.3 is 5.97 Å². The molecule has 1 saturated carbocycles. The van der Waals surface area contributed by atoms with Crippen LogP contribution >= 0.6 is 0 Å². The quantitative estimate of drug-likeness (QED) is 0.741. The van der Waals surface area contributed by atoms with Gasteiger partial charge in [0, 0.05) is 32.2 Å². The van der Waals surface area contributed by atoms with Gasteiger partial charge in [-0.3, -0.25) is 4.90 Å². The lowest BCUT2D eigenvalue weighted by Crippen LogP contribution is -2.47. The maximum absolute atomic E-state index is 11.3. The van der Waals surface area contributed by atoms with Gasteiger partial charge in [-0.25, -0.2) is 14.8 Å². The van der Waals surface area contributed by atoms with Crippen LogP contribution in [0.5, 0.6) is 0 Å². The van der Waals surface area contributed by atoms with Gasteiger partial charge in [-0.05, 0) is 12.8 Å². The van der Waals surface area contributed by atoms with Crippen molar-refractivity contribution < 1.29 is 9.53 Å². The molecule has 0 radical (unpaired) electrons. The number of esters is 1. The number of ether oxygens (including phenoxy) is 1. The first-order chi connectivity index (χ1) is 9.28. The Kier molecular flexibility index (Phi) is 3.33. The Labute approximate surface area is 112 Å². The average Bonchev–Trinajstić information content (AvgIpc) is 3.31. The van der Waals surface area contributed by atoms with Crippen molar-refractivity contribution in [1.29, 1.82) is 0 Å². The van der Waals surface area contributed by atoms with Crippen LogP contribution in [-0.2, 0) is 4.74 Å². The van der Waals surface area contributed by atoms with Crippen molar-refractivity contribution in [2.75, 3.05) is 38.2 Å². The largest absolute Gasteiger partial charge is 0.464 e. The minimum Gasteiger partial charge on any atom is -0.464 e. The Morgan fingerprint density at radius 3 is 2.47 bits per heavy atom. The first-order valence-electron chi connectivity index (χ1n) is 6.67. The summed E-state index contributed by atoms with van der Waals surface area (Å²) in [6, 6.07) is 0.829. The maximum Gasteiger partial charge on any atom is 0.358 e. The lowest BCUT2D eigenvalue weighted by atomic mass is 10.3. The summed E-state index contributed by atoms with van der Waals surface area (Å²) < 4.78 is 4.61. The van der Waals surface area contributed by atoms with Gasteiger partial charge in [0.25, 0.3) is 0 Å². The van der Waals surface area contributed by atoms with Crippen molar-refractivity contribution in [3.8, 4) is 0 Å². The van der Waals surface area contributed by atoms with Gasteiger partial charge in [0.05, 0.1) is 19.5 Å². The topological polar surface area (TPSA) is 58.6 Å². The molecule has 0 aromatic carbocycles. The molecule has 1 saturated heterocycles. The van der Waals surface area contributed by atoms with Crippen LogP contribution < -0.4 is 4.90 Å². The third kappa shape index (κ3) is 2.68. The lowest BCUT2D eigenvalue weighted by molar-refractivity contribution is 0.0593.